The first-order valence-electron chi connectivity index (χ1n) is 4.82. The second-order valence-electron chi connectivity index (χ2n) is 3.68. The normalized spacial score (nSPS) is 16.4. The van der Waals surface area contributed by atoms with Gasteiger partial charge in [-0.3, -0.25) is 9.38 Å². The van der Waals surface area contributed by atoms with E-state index in [1.54, 1.807) is 12.4 Å². The van der Waals surface area contributed by atoms with Crippen LogP contribution < -0.4 is 0 Å². The summed E-state index contributed by atoms with van der Waals surface area (Å²) in [5, 5.41) is 9.30. The molecule has 2 aromatic rings. The van der Waals surface area contributed by atoms with Crippen molar-refractivity contribution in [3.05, 3.63) is 30.0 Å². The van der Waals surface area contributed by atoms with Crippen LogP contribution in [0.4, 0.5) is 0 Å². The van der Waals surface area contributed by atoms with Crippen LogP contribution in [0.25, 0.3) is 5.65 Å². The Morgan fingerprint density at radius 2 is 2.36 bits per heavy atom. The van der Waals surface area contributed by atoms with Crippen LogP contribution in [0.3, 0.4) is 0 Å². The molecule has 1 aliphatic rings. The molecule has 3 rings (SSSR count). The molecular weight excluding hydrogens is 178 g/mol. The molecule has 0 amide bonds. The molecule has 14 heavy (non-hydrogen) atoms. The highest BCUT2D eigenvalue weighted by molar-refractivity contribution is 5.42. The van der Waals surface area contributed by atoms with Gasteiger partial charge in [-0.25, -0.2) is 4.98 Å². The Kier molecular flexibility index (Phi) is 1.58. The first-order valence-corrected chi connectivity index (χ1v) is 4.82. The van der Waals surface area contributed by atoms with Crippen LogP contribution in [0.5, 0.6) is 0 Å². The zero-order chi connectivity index (χ0) is 9.54. The highest BCUT2D eigenvalue weighted by Crippen LogP contribution is 2.41. The fourth-order valence-electron chi connectivity index (χ4n) is 1.82. The van der Waals surface area contributed by atoms with E-state index >= 15 is 0 Å². The van der Waals surface area contributed by atoms with Gasteiger partial charge < -0.3 is 5.11 Å². The summed E-state index contributed by atoms with van der Waals surface area (Å²) in [5.74, 6) is 0.567. The number of nitrogens with zero attached hydrogens (tertiary/aromatic N) is 3. The predicted octanol–water partition coefficient (Wildman–Crippen LogP) is 1.10. The van der Waals surface area contributed by atoms with Gasteiger partial charge in [0.05, 0.1) is 24.2 Å². The number of aliphatic hydroxyl groups excluding tert-OH is 1. The SMILES string of the molecule is OCc1c(C2CC2)nc2cnccn12. The van der Waals surface area contributed by atoms with Crippen molar-refractivity contribution in [3.8, 4) is 0 Å². The standard InChI is InChI=1S/C10H11N3O/c14-6-8-10(7-1-2-7)12-9-5-11-3-4-13(8)9/h3-5,7,14H,1-2,6H2. The number of hydrogen-bond donors (Lipinski definition) is 1. The third kappa shape index (κ3) is 1.04. The minimum absolute atomic E-state index is 0.0526. The molecule has 72 valence electrons. The number of aliphatic hydroxyl groups is 1. The summed E-state index contributed by atoms with van der Waals surface area (Å²) in [5.41, 5.74) is 2.81. The molecule has 0 unspecified atom stereocenters. The van der Waals surface area contributed by atoms with Crippen LogP contribution in [0.15, 0.2) is 18.6 Å². The van der Waals surface area contributed by atoms with Gasteiger partial charge in [-0.05, 0) is 12.8 Å². The Morgan fingerprint density at radius 3 is 3.07 bits per heavy atom. The van der Waals surface area contributed by atoms with Gasteiger partial charge in [0, 0.05) is 18.3 Å². The first-order chi connectivity index (χ1) is 6.90. The van der Waals surface area contributed by atoms with E-state index in [1.165, 1.54) is 12.8 Å². The van der Waals surface area contributed by atoms with Gasteiger partial charge in [-0.2, -0.15) is 0 Å². The maximum absolute atomic E-state index is 9.30. The van der Waals surface area contributed by atoms with E-state index in [4.69, 9.17) is 0 Å². The third-order valence-electron chi connectivity index (χ3n) is 2.67. The molecule has 0 saturated heterocycles. The van der Waals surface area contributed by atoms with E-state index < -0.39 is 0 Å². The molecule has 2 heterocycles. The van der Waals surface area contributed by atoms with Crippen LogP contribution in [0, 0.1) is 0 Å². The monoisotopic (exact) mass is 189 g/mol. The smallest absolute Gasteiger partial charge is 0.155 e. The number of hydrogen-bond acceptors (Lipinski definition) is 3. The minimum Gasteiger partial charge on any atom is -0.390 e. The van der Waals surface area contributed by atoms with Crippen LogP contribution in [-0.2, 0) is 6.61 Å². The zero-order valence-corrected chi connectivity index (χ0v) is 7.72. The number of imidazole rings is 1. The molecule has 0 radical (unpaired) electrons. The summed E-state index contributed by atoms with van der Waals surface area (Å²) >= 11 is 0. The number of fused-ring (bicyclic) bond motifs is 1. The number of rotatable bonds is 2. The van der Waals surface area contributed by atoms with Crippen molar-refractivity contribution < 1.29 is 5.11 Å². The largest absolute Gasteiger partial charge is 0.390 e. The summed E-state index contributed by atoms with van der Waals surface area (Å²) in [6.45, 7) is 0.0526. The predicted molar refractivity (Wildman–Crippen MR) is 50.9 cm³/mol. The Bertz CT molecular complexity index is 473. The van der Waals surface area contributed by atoms with Crippen molar-refractivity contribution >= 4 is 5.65 Å². The lowest BCUT2D eigenvalue weighted by atomic mass is 10.2. The molecular formula is C10H11N3O. The first kappa shape index (κ1) is 7.94. The summed E-state index contributed by atoms with van der Waals surface area (Å²) in [7, 11) is 0. The summed E-state index contributed by atoms with van der Waals surface area (Å²) in [6.07, 6.45) is 7.68. The molecule has 0 atom stereocenters. The molecule has 1 fully saturated rings. The zero-order valence-electron chi connectivity index (χ0n) is 7.72. The van der Waals surface area contributed by atoms with Crippen LogP contribution >= 0.6 is 0 Å². The lowest BCUT2D eigenvalue weighted by molar-refractivity contribution is 0.274. The maximum Gasteiger partial charge on any atom is 0.155 e. The molecule has 1 aliphatic carbocycles. The van der Waals surface area contributed by atoms with Crippen LogP contribution in [0.1, 0.15) is 30.1 Å². The summed E-state index contributed by atoms with van der Waals surface area (Å²) < 4.78 is 1.92. The van der Waals surface area contributed by atoms with E-state index in [1.807, 2.05) is 10.6 Å². The number of aromatic nitrogens is 3. The second kappa shape index (κ2) is 2.78. The lowest BCUT2D eigenvalue weighted by Crippen LogP contribution is -1.95. The van der Waals surface area contributed by atoms with Crippen LogP contribution in [0.2, 0.25) is 0 Å². The second-order valence-corrected chi connectivity index (χ2v) is 3.68. The van der Waals surface area contributed by atoms with Gasteiger partial charge in [0.1, 0.15) is 0 Å². The Hall–Kier alpha value is -1.42. The Balaban J connectivity index is 2.28. The average molecular weight is 189 g/mol. The maximum atomic E-state index is 9.30. The molecule has 4 nitrogen and oxygen atoms in total. The van der Waals surface area contributed by atoms with Gasteiger partial charge in [-0.15, -0.1) is 0 Å². The van der Waals surface area contributed by atoms with E-state index in [0.717, 1.165) is 17.0 Å². The Labute approximate surface area is 81.2 Å². The molecule has 1 saturated carbocycles. The molecule has 2 aromatic heterocycles. The van der Waals surface area contributed by atoms with Crippen LogP contribution in [-0.4, -0.2) is 19.5 Å². The fraction of sp³-hybridized carbons (Fsp3) is 0.400. The average Bonchev–Trinajstić information content (AvgIpc) is 2.99. The summed E-state index contributed by atoms with van der Waals surface area (Å²) in [6, 6.07) is 0. The van der Waals surface area contributed by atoms with E-state index in [9.17, 15) is 5.11 Å². The van der Waals surface area contributed by atoms with Gasteiger partial charge in [0.25, 0.3) is 0 Å². The van der Waals surface area contributed by atoms with E-state index in [-0.39, 0.29) is 6.61 Å². The fourth-order valence-corrected chi connectivity index (χ4v) is 1.82. The van der Waals surface area contributed by atoms with Crippen molar-refractivity contribution in [2.24, 2.45) is 0 Å². The van der Waals surface area contributed by atoms with Gasteiger partial charge in [-0.1, -0.05) is 0 Å². The highest BCUT2D eigenvalue weighted by Gasteiger charge is 2.29. The molecule has 0 aromatic carbocycles. The quantitative estimate of drug-likeness (QED) is 0.769. The minimum atomic E-state index is 0.0526. The highest BCUT2D eigenvalue weighted by atomic mass is 16.3. The van der Waals surface area contributed by atoms with Crippen molar-refractivity contribution in [3.63, 3.8) is 0 Å². The van der Waals surface area contributed by atoms with Gasteiger partial charge in [0.2, 0.25) is 0 Å². The Morgan fingerprint density at radius 1 is 1.50 bits per heavy atom. The third-order valence-corrected chi connectivity index (χ3v) is 2.67. The van der Waals surface area contributed by atoms with Crippen molar-refractivity contribution in [2.45, 2.75) is 25.4 Å². The van der Waals surface area contributed by atoms with Crippen molar-refractivity contribution in [1.29, 1.82) is 0 Å². The summed E-state index contributed by atoms with van der Waals surface area (Å²) in [4.78, 5) is 8.50. The molecule has 0 spiro atoms. The van der Waals surface area contributed by atoms with E-state index in [2.05, 4.69) is 9.97 Å². The molecule has 0 aliphatic heterocycles. The van der Waals surface area contributed by atoms with E-state index in [0.29, 0.717) is 5.92 Å². The lowest BCUT2D eigenvalue weighted by Gasteiger charge is -1.98. The van der Waals surface area contributed by atoms with Gasteiger partial charge in [0.15, 0.2) is 5.65 Å². The van der Waals surface area contributed by atoms with Crippen molar-refractivity contribution in [1.82, 2.24) is 14.4 Å². The topological polar surface area (TPSA) is 50.4 Å². The molecule has 1 N–H and O–H groups in total. The van der Waals surface area contributed by atoms with Gasteiger partial charge >= 0.3 is 0 Å². The molecule has 0 bridgehead atoms. The molecule has 4 heteroatoms. The van der Waals surface area contributed by atoms with Crippen molar-refractivity contribution in [2.75, 3.05) is 0 Å².